The largest absolute Gasteiger partial charge is 0.472 e. The Morgan fingerprint density at radius 3 is 2.76 bits per heavy atom. The van der Waals surface area contributed by atoms with Gasteiger partial charge >= 0.3 is 6.18 Å². The molecule has 196 valence electrons. The van der Waals surface area contributed by atoms with Gasteiger partial charge in [0.2, 0.25) is 11.7 Å². The third-order valence-corrected chi connectivity index (χ3v) is 5.86. The Balaban J connectivity index is 1.43. The minimum Gasteiger partial charge on any atom is -0.472 e. The minimum atomic E-state index is -4.48. The molecule has 0 aliphatic heterocycles. The number of carbonyl (C=O) groups is 1. The summed E-state index contributed by atoms with van der Waals surface area (Å²) >= 11 is 0. The Morgan fingerprint density at radius 2 is 2.00 bits per heavy atom. The highest BCUT2D eigenvalue weighted by Crippen LogP contribution is 2.29. The predicted molar refractivity (Wildman–Crippen MR) is 132 cm³/mol. The third kappa shape index (κ3) is 5.58. The van der Waals surface area contributed by atoms with Crippen molar-refractivity contribution in [2.75, 3.05) is 13.2 Å². The first kappa shape index (κ1) is 25.2. The van der Waals surface area contributed by atoms with Crippen molar-refractivity contribution >= 4 is 22.3 Å². The molecule has 9 nitrogen and oxygen atoms in total. The molecule has 5 rings (SSSR count). The average molecular weight is 525 g/mol. The summed E-state index contributed by atoms with van der Waals surface area (Å²) in [6, 6.07) is 9.25. The van der Waals surface area contributed by atoms with Crippen molar-refractivity contribution in [3.05, 3.63) is 71.5 Å². The second-order valence-electron chi connectivity index (χ2n) is 8.76. The van der Waals surface area contributed by atoms with Gasteiger partial charge in [-0.3, -0.25) is 4.79 Å². The van der Waals surface area contributed by atoms with Gasteiger partial charge in [0, 0.05) is 22.4 Å². The highest BCUT2D eigenvalue weighted by atomic mass is 19.4. The third-order valence-electron chi connectivity index (χ3n) is 5.86. The Morgan fingerprint density at radius 1 is 1.18 bits per heavy atom. The lowest BCUT2D eigenvalue weighted by atomic mass is 10.1. The Bertz CT molecular complexity index is 1580. The van der Waals surface area contributed by atoms with E-state index in [-0.39, 0.29) is 12.2 Å². The van der Waals surface area contributed by atoms with Crippen LogP contribution >= 0.6 is 0 Å². The van der Waals surface area contributed by atoms with Crippen molar-refractivity contribution in [1.29, 1.82) is 0 Å². The Labute approximate surface area is 214 Å². The highest BCUT2D eigenvalue weighted by Gasteiger charge is 2.28. The van der Waals surface area contributed by atoms with Crippen LogP contribution in [0.1, 0.15) is 25.0 Å². The second-order valence-corrected chi connectivity index (χ2v) is 8.76. The van der Waals surface area contributed by atoms with Crippen LogP contribution in [0.15, 0.2) is 70.3 Å². The number of aryl methyl sites for hydroxylation is 1. The smallest absolute Gasteiger partial charge is 0.405 e. The van der Waals surface area contributed by atoms with Gasteiger partial charge in [-0.1, -0.05) is 41.6 Å². The van der Waals surface area contributed by atoms with Crippen LogP contribution in [0.25, 0.3) is 27.9 Å². The van der Waals surface area contributed by atoms with E-state index in [1.807, 2.05) is 29.6 Å². The van der Waals surface area contributed by atoms with Gasteiger partial charge in [-0.15, -0.1) is 15.3 Å². The van der Waals surface area contributed by atoms with E-state index in [4.69, 9.17) is 9.26 Å². The van der Waals surface area contributed by atoms with Crippen LogP contribution in [0.3, 0.4) is 0 Å². The molecule has 3 aromatic heterocycles. The number of nitrogens with zero attached hydrogens (tertiary/aromatic N) is 5. The van der Waals surface area contributed by atoms with E-state index in [0.29, 0.717) is 41.6 Å². The lowest BCUT2D eigenvalue weighted by molar-refractivity contribution is -0.136. The van der Waals surface area contributed by atoms with Gasteiger partial charge < -0.3 is 14.6 Å². The van der Waals surface area contributed by atoms with E-state index in [2.05, 4.69) is 20.5 Å². The van der Waals surface area contributed by atoms with E-state index in [9.17, 15) is 18.0 Å². The molecule has 3 heterocycles. The molecular weight excluding hydrogens is 501 g/mol. The summed E-state index contributed by atoms with van der Waals surface area (Å²) in [5.41, 5.74) is 2.01. The summed E-state index contributed by atoms with van der Waals surface area (Å²) in [5.74, 6) is 0.575. The standard InChI is InChI=1S/C26H23F3N6O3/c1-16-13-21(34-38-16)23-32-31-22-19-9-5-6-10-20(19)25(33-35(22)23)37-14-17-7-3-2-4-8-18(12-11-17)24(36)30-15-26(27,28)29/h4-6,8-13H,2-3,7,14-15H2,1H3,(H,30,36)/b8-4-,17-11+,18-12+. The lowest BCUT2D eigenvalue weighted by Crippen LogP contribution is -2.34. The number of hydrogen-bond acceptors (Lipinski definition) is 7. The van der Waals surface area contributed by atoms with Crippen LogP contribution in [0.5, 0.6) is 5.88 Å². The fourth-order valence-electron chi connectivity index (χ4n) is 4.01. The fraction of sp³-hybridized carbons (Fsp3) is 0.269. The molecule has 38 heavy (non-hydrogen) atoms. The molecule has 0 fully saturated rings. The monoisotopic (exact) mass is 524 g/mol. The molecule has 0 spiro atoms. The predicted octanol–water partition coefficient (Wildman–Crippen LogP) is 4.89. The number of aromatic nitrogens is 5. The van der Waals surface area contributed by atoms with Crippen LogP contribution in [-0.4, -0.2) is 50.2 Å². The Kier molecular flexibility index (Phi) is 6.95. The van der Waals surface area contributed by atoms with E-state index in [1.54, 1.807) is 29.7 Å². The first-order valence-electron chi connectivity index (χ1n) is 11.9. The first-order chi connectivity index (χ1) is 18.3. The summed E-state index contributed by atoms with van der Waals surface area (Å²) in [6.45, 7) is 0.547. The van der Waals surface area contributed by atoms with Crippen LogP contribution in [-0.2, 0) is 4.79 Å². The molecular formula is C26H23F3N6O3. The molecule has 1 aliphatic carbocycles. The number of carbonyl (C=O) groups excluding carboxylic acids is 1. The SMILES string of the molecule is Cc1cc(-c2nnc3c4ccccc4c(OC/C4=C/C=C(C(=O)NCC(F)(F)F)\C=C/CCC4)nn23)no1. The zero-order valence-corrected chi connectivity index (χ0v) is 20.3. The molecule has 0 atom stereocenters. The number of hydrogen-bond donors (Lipinski definition) is 1. The van der Waals surface area contributed by atoms with Gasteiger partial charge in [0.15, 0.2) is 11.3 Å². The minimum absolute atomic E-state index is 0.135. The zero-order chi connectivity index (χ0) is 26.7. The van der Waals surface area contributed by atoms with Gasteiger partial charge in [0.1, 0.15) is 18.9 Å². The summed E-state index contributed by atoms with van der Waals surface area (Å²) in [6.07, 6.45) is 4.16. The number of alkyl halides is 3. The number of nitrogens with one attached hydrogen (secondary N) is 1. The maximum atomic E-state index is 12.5. The zero-order valence-electron chi connectivity index (χ0n) is 20.3. The van der Waals surface area contributed by atoms with Crippen LogP contribution in [0.2, 0.25) is 0 Å². The van der Waals surface area contributed by atoms with Gasteiger partial charge in [0.25, 0.3) is 5.91 Å². The van der Waals surface area contributed by atoms with Crippen molar-refractivity contribution in [3.63, 3.8) is 0 Å². The van der Waals surface area contributed by atoms with Crippen LogP contribution < -0.4 is 10.1 Å². The molecule has 0 unspecified atom stereocenters. The molecule has 0 radical (unpaired) electrons. The van der Waals surface area contributed by atoms with E-state index >= 15 is 0 Å². The number of benzene rings is 1. The van der Waals surface area contributed by atoms with Gasteiger partial charge in [-0.05, 0) is 43.9 Å². The van der Waals surface area contributed by atoms with Crippen molar-refractivity contribution in [1.82, 2.24) is 30.3 Å². The lowest BCUT2D eigenvalue weighted by Gasteiger charge is -2.12. The van der Waals surface area contributed by atoms with Gasteiger partial charge in [0.05, 0.1) is 0 Å². The summed E-state index contributed by atoms with van der Waals surface area (Å²) in [5, 5.41) is 20.6. The maximum absolute atomic E-state index is 12.5. The molecule has 0 bridgehead atoms. The normalized spacial score (nSPS) is 18.1. The fourth-order valence-corrected chi connectivity index (χ4v) is 4.01. The summed E-state index contributed by atoms with van der Waals surface area (Å²) < 4.78 is 50.5. The van der Waals surface area contributed by atoms with Crippen LogP contribution in [0, 0.1) is 6.92 Å². The molecule has 1 amide bonds. The topological polar surface area (TPSA) is 107 Å². The molecule has 12 heteroatoms. The highest BCUT2D eigenvalue weighted by molar-refractivity contribution is 5.97. The Hall–Kier alpha value is -4.48. The molecule has 1 aliphatic rings. The number of ether oxygens (including phenoxy) is 1. The number of halogens is 3. The molecule has 1 N–H and O–H groups in total. The summed E-state index contributed by atoms with van der Waals surface area (Å²) in [7, 11) is 0. The van der Waals surface area contributed by atoms with E-state index in [1.165, 1.54) is 12.2 Å². The van der Waals surface area contributed by atoms with Crippen molar-refractivity contribution in [2.24, 2.45) is 0 Å². The molecule has 0 saturated carbocycles. The summed E-state index contributed by atoms with van der Waals surface area (Å²) in [4.78, 5) is 12.3. The van der Waals surface area contributed by atoms with E-state index in [0.717, 1.165) is 22.8 Å². The number of fused-ring (bicyclic) bond motifs is 3. The molecule has 0 saturated heterocycles. The second kappa shape index (κ2) is 10.5. The number of amides is 1. The van der Waals surface area contributed by atoms with Gasteiger partial charge in [-0.25, -0.2) is 0 Å². The van der Waals surface area contributed by atoms with Gasteiger partial charge in [-0.2, -0.15) is 17.7 Å². The molecule has 4 aromatic rings. The van der Waals surface area contributed by atoms with Crippen molar-refractivity contribution in [3.8, 4) is 17.4 Å². The quantitative estimate of drug-likeness (QED) is 0.383. The van der Waals surface area contributed by atoms with Crippen LogP contribution in [0.4, 0.5) is 13.2 Å². The maximum Gasteiger partial charge on any atom is 0.405 e. The average Bonchev–Trinajstić information content (AvgIpc) is 3.53. The first-order valence-corrected chi connectivity index (χ1v) is 11.9. The van der Waals surface area contributed by atoms with E-state index < -0.39 is 18.6 Å². The number of rotatable bonds is 6. The number of allylic oxidation sites excluding steroid dienone is 3. The van der Waals surface area contributed by atoms with Crippen molar-refractivity contribution in [2.45, 2.75) is 32.4 Å². The molecule has 1 aromatic carbocycles. The van der Waals surface area contributed by atoms with Crippen molar-refractivity contribution < 1.29 is 27.2 Å².